The van der Waals surface area contributed by atoms with Crippen molar-refractivity contribution in [1.29, 1.82) is 0 Å². The summed E-state index contributed by atoms with van der Waals surface area (Å²) in [7, 11) is 0. The molecule has 2 rings (SSSR count). The normalized spacial score (nSPS) is 27.0. The molecule has 2 aliphatic rings. The van der Waals surface area contributed by atoms with Crippen LogP contribution in [0, 0.1) is 5.92 Å². The van der Waals surface area contributed by atoms with Gasteiger partial charge >= 0.3 is 0 Å². The Morgan fingerprint density at radius 3 is 2.29 bits per heavy atom. The highest BCUT2D eigenvalue weighted by Crippen LogP contribution is 2.29. The minimum absolute atomic E-state index is 0.0780. The van der Waals surface area contributed by atoms with E-state index in [4.69, 9.17) is 10.8 Å². The summed E-state index contributed by atoms with van der Waals surface area (Å²) in [4.78, 5) is 5.08. The van der Waals surface area contributed by atoms with E-state index < -0.39 is 5.54 Å². The van der Waals surface area contributed by atoms with Gasteiger partial charge in [0.25, 0.3) is 0 Å². The van der Waals surface area contributed by atoms with E-state index in [2.05, 4.69) is 9.80 Å². The summed E-state index contributed by atoms with van der Waals surface area (Å²) < 4.78 is 0. The molecule has 1 unspecified atom stereocenters. The van der Waals surface area contributed by atoms with Gasteiger partial charge in [0.05, 0.1) is 6.61 Å². The molecule has 1 aliphatic heterocycles. The number of piperazine rings is 1. The maximum Gasteiger partial charge on any atom is 0.0608 e. The Balaban J connectivity index is 1.61. The first kappa shape index (κ1) is 13.3. The van der Waals surface area contributed by atoms with Gasteiger partial charge in [0.15, 0.2) is 0 Å². The van der Waals surface area contributed by atoms with Crippen molar-refractivity contribution in [1.82, 2.24) is 9.80 Å². The van der Waals surface area contributed by atoms with E-state index in [-0.39, 0.29) is 6.61 Å². The molecule has 4 nitrogen and oxygen atoms in total. The van der Waals surface area contributed by atoms with E-state index in [1.54, 1.807) is 0 Å². The quantitative estimate of drug-likeness (QED) is 0.693. The molecule has 1 aliphatic carbocycles. The molecule has 3 N–H and O–H groups in total. The second kappa shape index (κ2) is 5.65. The molecule has 0 amide bonds. The first-order chi connectivity index (χ1) is 8.09. The number of rotatable bonds is 6. The summed E-state index contributed by atoms with van der Waals surface area (Å²) in [6.45, 7) is 9.07. The molecule has 1 saturated heterocycles. The molecule has 0 spiro atoms. The summed E-state index contributed by atoms with van der Waals surface area (Å²) >= 11 is 0. The first-order valence-electron chi connectivity index (χ1n) is 6.93. The largest absolute Gasteiger partial charge is 0.394 e. The fourth-order valence-electron chi connectivity index (χ4n) is 2.35. The maximum absolute atomic E-state index is 9.12. The van der Waals surface area contributed by atoms with E-state index in [9.17, 15) is 0 Å². The SMILES string of the molecule is CC(N)(CO)CCN1CCN(CC2CC2)CC1. The van der Waals surface area contributed by atoms with Crippen LogP contribution in [0.1, 0.15) is 26.2 Å². The van der Waals surface area contributed by atoms with Gasteiger partial charge in [0.1, 0.15) is 0 Å². The monoisotopic (exact) mass is 241 g/mol. The molecule has 1 saturated carbocycles. The van der Waals surface area contributed by atoms with Gasteiger partial charge in [-0.1, -0.05) is 0 Å². The fraction of sp³-hybridized carbons (Fsp3) is 1.00. The molecule has 1 atom stereocenters. The van der Waals surface area contributed by atoms with Crippen LogP contribution in [-0.4, -0.2) is 66.3 Å². The third kappa shape index (κ3) is 4.54. The molecule has 0 aromatic heterocycles. The van der Waals surface area contributed by atoms with Crippen LogP contribution in [-0.2, 0) is 0 Å². The van der Waals surface area contributed by atoms with Crippen molar-refractivity contribution < 1.29 is 5.11 Å². The average Bonchev–Trinajstić information content (AvgIpc) is 3.12. The highest BCUT2D eigenvalue weighted by Gasteiger charge is 2.27. The molecule has 0 bridgehead atoms. The summed E-state index contributed by atoms with van der Waals surface area (Å²) in [6, 6.07) is 0. The Labute approximate surface area is 105 Å². The Morgan fingerprint density at radius 1 is 1.18 bits per heavy atom. The van der Waals surface area contributed by atoms with Crippen LogP contribution in [0.5, 0.6) is 0 Å². The van der Waals surface area contributed by atoms with E-state index in [1.165, 1.54) is 32.5 Å². The molecule has 100 valence electrons. The van der Waals surface area contributed by atoms with Crippen molar-refractivity contribution in [2.45, 2.75) is 31.7 Å². The van der Waals surface area contributed by atoms with Crippen LogP contribution in [0.25, 0.3) is 0 Å². The minimum Gasteiger partial charge on any atom is -0.394 e. The molecule has 0 radical (unpaired) electrons. The van der Waals surface area contributed by atoms with Crippen molar-refractivity contribution in [2.75, 3.05) is 45.9 Å². The smallest absolute Gasteiger partial charge is 0.0608 e. The summed E-state index contributed by atoms with van der Waals surface area (Å²) in [5.74, 6) is 1.00. The number of hydrogen-bond acceptors (Lipinski definition) is 4. The number of nitrogens with two attached hydrogens (primary N) is 1. The molecule has 1 heterocycles. The maximum atomic E-state index is 9.12. The van der Waals surface area contributed by atoms with Gasteiger partial charge in [-0.2, -0.15) is 0 Å². The lowest BCUT2D eigenvalue weighted by atomic mass is 10.0. The van der Waals surface area contributed by atoms with E-state index in [0.717, 1.165) is 32.0 Å². The predicted octanol–water partition coefficient (Wildman–Crippen LogP) is 0.114. The van der Waals surface area contributed by atoms with Crippen LogP contribution < -0.4 is 5.73 Å². The summed E-state index contributed by atoms with van der Waals surface area (Å²) in [5, 5.41) is 9.12. The highest BCUT2D eigenvalue weighted by atomic mass is 16.3. The summed E-state index contributed by atoms with van der Waals surface area (Å²) in [5.41, 5.74) is 5.54. The number of aliphatic hydroxyl groups excluding tert-OH is 1. The van der Waals surface area contributed by atoms with Crippen molar-refractivity contribution in [3.63, 3.8) is 0 Å². The molecule has 4 heteroatoms. The lowest BCUT2D eigenvalue weighted by molar-refractivity contribution is 0.113. The number of nitrogens with zero attached hydrogens (tertiary/aromatic N) is 2. The lowest BCUT2D eigenvalue weighted by Crippen LogP contribution is -2.49. The van der Waals surface area contributed by atoms with Crippen LogP contribution in [0.4, 0.5) is 0 Å². The van der Waals surface area contributed by atoms with Crippen LogP contribution in [0.2, 0.25) is 0 Å². The Kier molecular flexibility index (Phi) is 4.42. The van der Waals surface area contributed by atoms with Gasteiger partial charge in [0, 0.05) is 44.8 Å². The number of aliphatic hydroxyl groups is 1. The molecule has 0 aromatic carbocycles. The van der Waals surface area contributed by atoms with Gasteiger partial charge in [-0.25, -0.2) is 0 Å². The minimum atomic E-state index is -0.412. The topological polar surface area (TPSA) is 52.7 Å². The third-order valence-electron chi connectivity index (χ3n) is 4.04. The Bertz CT molecular complexity index is 233. The van der Waals surface area contributed by atoms with Gasteiger partial charge in [-0.15, -0.1) is 0 Å². The highest BCUT2D eigenvalue weighted by molar-refractivity contribution is 4.83. The van der Waals surface area contributed by atoms with Crippen LogP contribution in [0.15, 0.2) is 0 Å². The zero-order valence-electron chi connectivity index (χ0n) is 11.1. The standard InChI is InChI=1S/C13H27N3O/c1-13(14,11-17)4-5-15-6-8-16(9-7-15)10-12-2-3-12/h12,17H,2-11,14H2,1H3. The molecule has 0 aromatic rings. The lowest BCUT2D eigenvalue weighted by Gasteiger charge is -2.36. The predicted molar refractivity (Wildman–Crippen MR) is 69.9 cm³/mol. The Morgan fingerprint density at radius 2 is 1.76 bits per heavy atom. The average molecular weight is 241 g/mol. The third-order valence-corrected chi connectivity index (χ3v) is 4.04. The fourth-order valence-corrected chi connectivity index (χ4v) is 2.35. The van der Waals surface area contributed by atoms with E-state index >= 15 is 0 Å². The molecular weight excluding hydrogens is 214 g/mol. The molecule has 2 fully saturated rings. The van der Waals surface area contributed by atoms with Crippen molar-refractivity contribution in [2.24, 2.45) is 11.7 Å². The second-order valence-electron chi connectivity index (χ2n) is 6.15. The van der Waals surface area contributed by atoms with Crippen molar-refractivity contribution in [3.05, 3.63) is 0 Å². The van der Waals surface area contributed by atoms with Crippen molar-refractivity contribution in [3.8, 4) is 0 Å². The zero-order chi connectivity index (χ0) is 12.3. The van der Waals surface area contributed by atoms with Gasteiger partial charge in [0.2, 0.25) is 0 Å². The van der Waals surface area contributed by atoms with E-state index in [1.807, 2.05) is 6.92 Å². The summed E-state index contributed by atoms with van der Waals surface area (Å²) in [6.07, 6.45) is 3.77. The van der Waals surface area contributed by atoms with Gasteiger partial charge in [-0.05, 0) is 32.1 Å². The van der Waals surface area contributed by atoms with Crippen LogP contribution in [0.3, 0.4) is 0 Å². The van der Waals surface area contributed by atoms with Gasteiger partial charge in [-0.3, -0.25) is 0 Å². The number of hydrogen-bond donors (Lipinski definition) is 2. The molecular formula is C13H27N3O. The first-order valence-corrected chi connectivity index (χ1v) is 6.93. The van der Waals surface area contributed by atoms with Crippen molar-refractivity contribution >= 4 is 0 Å². The molecule has 17 heavy (non-hydrogen) atoms. The Hall–Kier alpha value is -0.160. The van der Waals surface area contributed by atoms with Crippen LogP contribution >= 0.6 is 0 Å². The van der Waals surface area contributed by atoms with Gasteiger partial charge < -0.3 is 20.6 Å². The second-order valence-corrected chi connectivity index (χ2v) is 6.15. The zero-order valence-corrected chi connectivity index (χ0v) is 11.1. The van der Waals surface area contributed by atoms with E-state index in [0.29, 0.717) is 0 Å².